The van der Waals surface area contributed by atoms with E-state index in [1.165, 1.54) is 13.0 Å². The van der Waals surface area contributed by atoms with Gasteiger partial charge in [0, 0.05) is 19.1 Å². The highest BCUT2D eigenvalue weighted by molar-refractivity contribution is 5.28. The standard InChI is InChI=1S/C14H23N3/c1-10-7-11(2)12(3)17(8-10)9-13-5-4-6-14(15)16-13/h4-6,10-12H,7-9H2,1-3H3,(H2,15,16). The predicted molar refractivity (Wildman–Crippen MR) is 71.5 cm³/mol. The van der Waals surface area contributed by atoms with Crippen LogP contribution in [0.15, 0.2) is 18.2 Å². The summed E-state index contributed by atoms with van der Waals surface area (Å²) >= 11 is 0. The number of nitrogens with zero attached hydrogens (tertiary/aromatic N) is 2. The van der Waals surface area contributed by atoms with Crippen LogP contribution in [0.1, 0.15) is 32.9 Å². The first-order chi connectivity index (χ1) is 8.06. The molecule has 0 aliphatic carbocycles. The molecule has 17 heavy (non-hydrogen) atoms. The van der Waals surface area contributed by atoms with Crippen LogP contribution in [0.25, 0.3) is 0 Å². The lowest BCUT2D eigenvalue weighted by molar-refractivity contribution is 0.0719. The Labute approximate surface area is 104 Å². The van der Waals surface area contributed by atoms with Crippen molar-refractivity contribution in [3.05, 3.63) is 23.9 Å². The lowest BCUT2D eigenvalue weighted by Crippen LogP contribution is -2.45. The number of likely N-dealkylation sites (tertiary alicyclic amines) is 1. The van der Waals surface area contributed by atoms with Crippen LogP contribution in [-0.4, -0.2) is 22.5 Å². The summed E-state index contributed by atoms with van der Waals surface area (Å²) in [4.78, 5) is 6.92. The van der Waals surface area contributed by atoms with Crippen molar-refractivity contribution < 1.29 is 0 Å². The molecule has 1 fully saturated rings. The van der Waals surface area contributed by atoms with Gasteiger partial charge in [-0.05, 0) is 37.3 Å². The number of anilines is 1. The van der Waals surface area contributed by atoms with Crippen molar-refractivity contribution in [2.75, 3.05) is 12.3 Å². The first-order valence-corrected chi connectivity index (χ1v) is 6.51. The van der Waals surface area contributed by atoms with Crippen molar-refractivity contribution in [2.24, 2.45) is 11.8 Å². The highest BCUT2D eigenvalue weighted by Crippen LogP contribution is 2.27. The molecule has 2 rings (SSSR count). The summed E-state index contributed by atoms with van der Waals surface area (Å²) in [7, 11) is 0. The average Bonchev–Trinajstić information content (AvgIpc) is 2.25. The maximum atomic E-state index is 5.72. The van der Waals surface area contributed by atoms with E-state index in [0.717, 1.165) is 24.1 Å². The second kappa shape index (κ2) is 5.05. The summed E-state index contributed by atoms with van der Waals surface area (Å²) in [5.74, 6) is 2.16. The molecule has 94 valence electrons. The summed E-state index contributed by atoms with van der Waals surface area (Å²) in [6.07, 6.45) is 1.34. The Bertz CT molecular complexity index is 377. The molecule has 1 aromatic heterocycles. The third-order valence-electron chi connectivity index (χ3n) is 3.91. The van der Waals surface area contributed by atoms with E-state index in [1.54, 1.807) is 0 Å². The van der Waals surface area contributed by atoms with Gasteiger partial charge >= 0.3 is 0 Å². The summed E-state index contributed by atoms with van der Waals surface area (Å²) in [6, 6.07) is 6.52. The molecular weight excluding hydrogens is 210 g/mol. The van der Waals surface area contributed by atoms with Crippen LogP contribution in [0.2, 0.25) is 0 Å². The van der Waals surface area contributed by atoms with Crippen molar-refractivity contribution in [3.8, 4) is 0 Å². The van der Waals surface area contributed by atoms with Crippen LogP contribution in [0.3, 0.4) is 0 Å². The van der Waals surface area contributed by atoms with Gasteiger partial charge in [0.15, 0.2) is 0 Å². The zero-order valence-electron chi connectivity index (χ0n) is 11.1. The second-order valence-corrected chi connectivity index (χ2v) is 5.54. The van der Waals surface area contributed by atoms with Gasteiger partial charge in [-0.3, -0.25) is 4.90 Å². The summed E-state index contributed by atoms with van der Waals surface area (Å²) in [5.41, 5.74) is 6.80. The molecule has 0 radical (unpaired) electrons. The first kappa shape index (κ1) is 12.4. The van der Waals surface area contributed by atoms with Crippen molar-refractivity contribution in [2.45, 2.75) is 39.8 Å². The highest BCUT2D eigenvalue weighted by Gasteiger charge is 2.28. The third kappa shape index (κ3) is 2.97. The molecule has 2 N–H and O–H groups in total. The molecule has 0 saturated carbocycles. The van der Waals surface area contributed by atoms with Crippen LogP contribution in [0, 0.1) is 11.8 Å². The molecule has 0 spiro atoms. The number of nitrogen functional groups attached to an aromatic ring is 1. The zero-order valence-corrected chi connectivity index (χ0v) is 11.1. The molecule has 3 heteroatoms. The molecule has 3 nitrogen and oxygen atoms in total. The number of rotatable bonds is 2. The molecule has 1 aliphatic rings. The Kier molecular flexibility index (Phi) is 3.67. The van der Waals surface area contributed by atoms with Gasteiger partial charge in [0.2, 0.25) is 0 Å². The maximum absolute atomic E-state index is 5.72. The maximum Gasteiger partial charge on any atom is 0.123 e. The van der Waals surface area contributed by atoms with Gasteiger partial charge in [-0.25, -0.2) is 4.98 Å². The Morgan fingerprint density at radius 2 is 2.12 bits per heavy atom. The molecule has 0 aromatic carbocycles. The zero-order chi connectivity index (χ0) is 12.4. The SMILES string of the molecule is CC1CC(C)C(C)N(Cc2cccc(N)n2)C1. The topological polar surface area (TPSA) is 42.1 Å². The van der Waals surface area contributed by atoms with Gasteiger partial charge in [-0.1, -0.05) is 19.9 Å². The van der Waals surface area contributed by atoms with E-state index in [9.17, 15) is 0 Å². The van der Waals surface area contributed by atoms with Crippen LogP contribution >= 0.6 is 0 Å². The largest absolute Gasteiger partial charge is 0.384 e. The molecule has 1 saturated heterocycles. The second-order valence-electron chi connectivity index (χ2n) is 5.54. The number of hydrogen-bond acceptors (Lipinski definition) is 3. The lowest BCUT2D eigenvalue weighted by atomic mass is 9.86. The minimum absolute atomic E-state index is 0.619. The molecule has 3 unspecified atom stereocenters. The van der Waals surface area contributed by atoms with Crippen molar-refractivity contribution >= 4 is 5.82 Å². The molecule has 2 heterocycles. The van der Waals surface area contributed by atoms with E-state index in [0.29, 0.717) is 11.9 Å². The van der Waals surface area contributed by atoms with Crippen LogP contribution in [0.5, 0.6) is 0 Å². The van der Waals surface area contributed by atoms with E-state index >= 15 is 0 Å². The molecule has 0 bridgehead atoms. The van der Waals surface area contributed by atoms with Gasteiger partial charge in [0.1, 0.15) is 5.82 Å². The van der Waals surface area contributed by atoms with E-state index in [1.807, 2.05) is 12.1 Å². The molecule has 1 aromatic rings. The molecule has 0 amide bonds. The van der Waals surface area contributed by atoms with Crippen LogP contribution in [-0.2, 0) is 6.54 Å². The number of hydrogen-bond donors (Lipinski definition) is 1. The molecule has 3 atom stereocenters. The van der Waals surface area contributed by atoms with E-state index < -0.39 is 0 Å². The van der Waals surface area contributed by atoms with Gasteiger partial charge in [0.25, 0.3) is 0 Å². The predicted octanol–water partition coefficient (Wildman–Crippen LogP) is 2.53. The Hall–Kier alpha value is -1.09. The Morgan fingerprint density at radius 3 is 2.82 bits per heavy atom. The minimum Gasteiger partial charge on any atom is -0.384 e. The first-order valence-electron chi connectivity index (χ1n) is 6.51. The number of pyridine rings is 1. The molecule has 1 aliphatic heterocycles. The van der Waals surface area contributed by atoms with E-state index in [2.05, 4.69) is 36.7 Å². The quantitative estimate of drug-likeness (QED) is 0.853. The van der Waals surface area contributed by atoms with Gasteiger partial charge in [-0.15, -0.1) is 0 Å². The minimum atomic E-state index is 0.619. The van der Waals surface area contributed by atoms with E-state index in [4.69, 9.17) is 5.73 Å². The van der Waals surface area contributed by atoms with Crippen molar-refractivity contribution in [3.63, 3.8) is 0 Å². The normalized spacial score (nSPS) is 30.4. The fourth-order valence-corrected chi connectivity index (χ4v) is 2.84. The van der Waals surface area contributed by atoms with Crippen LogP contribution < -0.4 is 5.73 Å². The summed E-state index contributed by atoms with van der Waals surface area (Å²) in [5, 5.41) is 0. The smallest absolute Gasteiger partial charge is 0.123 e. The average molecular weight is 233 g/mol. The van der Waals surface area contributed by atoms with Gasteiger partial charge < -0.3 is 5.73 Å². The monoisotopic (exact) mass is 233 g/mol. The molecular formula is C14H23N3. The Morgan fingerprint density at radius 1 is 1.35 bits per heavy atom. The fraction of sp³-hybridized carbons (Fsp3) is 0.643. The van der Waals surface area contributed by atoms with Crippen molar-refractivity contribution in [1.82, 2.24) is 9.88 Å². The lowest BCUT2D eigenvalue weighted by Gasteiger charge is -2.40. The van der Waals surface area contributed by atoms with Crippen molar-refractivity contribution in [1.29, 1.82) is 0 Å². The number of nitrogens with two attached hydrogens (primary N) is 1. The summed E-state index contributed by atoms with van der Waals surface area (Å²) < 4.78 is 0. The highest BCUT2D eigenvalue weighted by atomic mass is 15.2. The van der Waals surface area contributed by atoms with Gasteiger partial charge in [-0.2, -0.15) is 0 Å². The van der Waals surface area contributed by atoms with Gasteiger partial charge in [0.05, 0.1) is 5.69 Å². The number of aromatic nitrogens is 1. The van der Waals surface area contributed by atoms with E-state index in [-0.39, 0.29) is 0 Å². The van der Waals surface area contributed by atoms with Crippen LogP contribution in [0.4, 0.5) is 5.82 Å². The fourth-order valence-electron chi connectivity index (χ4n) is 2.84. The number of piperidine rings is 1. The third-order valence-corrected chi connectivity index (χ3v) is 3.91. The summed E-state index contributed by atoms with van der Waals surface area (Å²) in [6.45, 7) is 9.09. The Balaban J connectivity index is 2.07.